The van der Waals surface area contributed by atoms with E-state index in [-0.39, 0.29) is 5.97 Å². The van der Waals surface area contributed by atoms with Crippen molar-refractivity contribution in [2.24, 2.45) is 5.92 Å². The van der Waals surface area contributed by atoms with E-state index in [9.17, 15) is 4.79 Å². The number of methoxy groups -OCH3 is 1. The van der Waals surface area contributed by atoms with Crippen molar-refractivity contribution in [2.75, 3.05) is 7.11 Å². The summed E-state index contributed by atoms with van der Waals surface area (Å²) in [6.07, 6.45) is 1.50. The number of carbonyl (C=O) groups is 1. The Hall–Kier alpha value is -0.860. The molecule has 0 fully saturated rings. The van der Waals surface area contributed by atoms with Gasteiger partial charge in [0.2, 0.25) is 0 Å². The molecule has 1 radical (unpaired) electrons. The zero-order valence-corrected chi connectivity index (χ0v) is 5.39. The molecule has 1 atom stereocenters. The van der Waals surface area contributed by atoms with Crippen LogP contribution in [0.15, 0.2) is 0 Å². The molecule has 1 unspecified atom stereocenters. The zero-order valence-electron chi connectivity index (χ0n) is 5.39. The minimum atomic E-state index is -0.424. The lowest BCUT2D eigenvalue weighted by atomic mass is 10.1. The summed E-state index contributed by atoms with van der Waals surface area (Å²) in [5, 5.41) is 6.63. The summed E-state index contributed by atoms with van der Waals surface area (Å²) in [5.41, 5.74) is 0. The maximum Gasteiger partial charge on any atom is 0.309 e. The summed E-state index contributed by atoms with van der Waals surface area (Å²) in [5.74, 6) is -0.786. The fourth-order valence-electron chi connectivity index (χ4n) is 0.405. The number of hydrogen-bond acceptors (Lipinski definition) is 3. The second kappa shape index (κ2) is 4.06. The predicted molar refractivity (Wildman–Crippen MR) is 34.3 cm³/mol. The van der Waals surface area contributed by atoms with Gasteiger partial charge >= 0.3 is 5.97 Å². The van der Waals surface area contributed by atoms with Crippen LogP contribution >= 0.6 is 0 Å². The first kappa shape index (κ1) is 8.14. The van der Waals surface area contributed by atoms with E-state index in [0.29, 0.717) is 6.42 Å². The van der Waals surface area contributed by atoms with Crippen LogP contribution in [0.4, 0.5) is 0 Å². The van der Waals surface area contributed by atoms with Gasteiger partial charge in [-0.2, -0.15) is 0 Å². The molecule has 0 saturated carbocycles. The third-order valence-electron chi connectivity index (χ3n) is 0.937. The topological polar surface area (TPSA) is 50.2 Å². The Balaban J connectivity index is 3.58. The van der Waals surface area contributed by atoms with E-state index >= 15 is 0 Å². The average molecular weight is 128 g/mol. The molecule has 0 aromatic heterocycles. The van der Waals surface area contributed by atoms with Gasteiger partial charge in [0.15, 0.2) is 0 Å². The molecule has 0 bridgehead atoms. The van der Waals surface area contributed by atoms with Crippen LogP contribution in [0.1, 0.15) is 6.42 Å². The summed E-state index contributed by atoms with van der Waals surface area (Å²) in [6.45, 7) is 3.47. The van der Waals surface area contributed by atoms with Crippen molar-refractivity contribution < 1.29 is 9.53 Å². The van der Waals surface area contributed by atoms with E-state index in [1.807, 2.05) is 0 Å². The molecule has 0 heterocycles. The standard InChI is InChI=1S/C6H10NO2/c1-5(3-4-7)6(8)9-2/h4-5,7H,1,3H2,2H3. The molecule has 0 amide bonds. The average Bonchev–Trinajstić information content (AvgIpc) is 1.87. The Morgan fingerprint density at radius 2 is 2.56 bits per heavy atom. The fraction of sp³-hybridized carbons (Fsp3) is 0.500. The summed E-state index contributed by atoms with van der Waals surface area (Å²) < 4.78 is 4.36. The van der Waals surface area contributed by atoms with E-state index in [4.69, 9.17) is 5.41 Å². The Kier molecular flexibility index (Phi) is 3.67. The minimum Gasteiger partial charge on any atom is -0.469 e. The lowest BCUT2D eigenvalue weighted by molar-refractivity contribution is -0.143. The van der Waals surface area contributed by atoms with Gasteiger partial charge in [0.25, 0.3) is 0 Å². The molecule has 0 saturated heterocycles. The van der Waals surface area contributed by atoms with Crippen LogP contribution in [0.3, 0.4) is 0 Å². The SMILES string of the molecule is [CH2]C(CC=N)C(=O)OC. The monoisotopic (exact) mass is 128 g/mol. The second-order valence-electron chi connectivity index (χ2n) is 1.66. The van der Waals surface area contributed by atoms with Crippen molar-refractivity contribution in [3.05, 3.63) is 6.92 Å². The molecule has 0 aromatic carbocycles. The summed E-state index contributed by atoms with van der Waals surface area (Å²) in [6, 6.07) is 0. The zero-order chi connectivity index (χ0) is 7.28. The Bertz CT molecular complexity index is 112. The number of nitrogens with one attached hydrogen (secondary N) is 1. The number of hydrogen-bond donors (Lipinski definition) is 1. The van der Waals surface area contributed by atoms with Crippen LogP contribution in [0.5, 0.6) is 0 Å². The first-order valence-corrected chi connectivity index (χ1v) is 2.62. The molecule has 0 spiro atoms. The van der Waals surface area contributed by atoms with Gasteiger partial charge in [-0.3, -0.25) is 4.79 Å². The molecule has 1 N–H and O–H groups in total. The molecule has 0 aliphatic rings. The molecule has 0 rings (SSSR count). The highest BCUT2D eigenvalue weighted by Crippen LogP contribution is 1.99. The van der Waals surface area contributed by atoms with Gasteiger partial charge in [0, 0.05) is 0 Å². The Morgan fingerprint density at radius 1 is 2.00 bits per heavy atom. The van der Waals surface area contributed by atoms with Gasteiger partial charge in [0.05, 0.1) is 13.0 Å². The van der Waals surface area contributed by atoms with Crippen molar-refractivity contribution in [1.82, 2.24) is 0 Å². The number of esters is 1. The van der Waals surface area contributed by atoms with Crippen molar-refractivity contribution in [3.8, 4) is 0 Å². The van der Waals surface area contributed by atoms with Crippen LogP contribution < -0.4 is 0 Å². The maximum atomic E-state index is 10.5. The minimum absolute atomic E-state index is 0.354. The van der Waals surface area contributed by atoms with E-state index in [1.165, 1.54) is 7.11 Å². The normalized spacial score (nSPS) is 12.2. The molecule has 51 valence electrons. The summed E-state index contributed by atoms with van der Waals surface area (Å²) in [7, 11) is 1.31. The first-order chi connectivity index (χ1) is 4.22. The van der Waals surface area contributed by atoms with E-state index < -0.39 is 5.92 Å². The maximum absolute atomic E-state index is 10.5. The van der Waals surface area contributed by atoms with Gasteiger partial charge in [-0.25, -0.2) is 0 Å². The molecule has 0 aromatic rings. The lowest BCUT2D eigenvalue weighted by Gasteiger charge is -2.02. The van der Waals surface area contributed by atoms with Gasteiger partial charge in [-0.05, 0) is 19.6 Å². The molecular formula is C6H10NO2. The van der Waals surface area contributed by atoms with Crippen LogP contribution in [-0.4, -0.2) is 19.3 Å². The fourth-order valence-corrected chi connectivity index (χ4v) is 0.405. The number of ether oxygens (including phenoxy) is 1. The van der Waals surface area contributed by atoms with E-state index in [2.05, 4.69) is 11.7 Å². The first-order valence-electron chi connectivity index (χ1n) is 2.62. The molecule has 3 nitrogen and oxygen atoms in total. The largest absolute Gasteiger partial charge is 0.469 e. The predicted octanol–water partition coefficient (Wildman–Crippen LogP) is 0.649. The van der Waals surface area contributed by atoms with Crippen molar-refractivity contribution in [2.45, 2.75) is 6.42 Å². The van der Waals surface area contributed by atoms with Crippen molar-refractivity contribution in [3.63, 3.8) is 0 Å². The highest BCUT2D eigenvalue weighted by Gasteiger charge is 2.10. The lowest BCUT2D eigenvalue weighted by Crippen LogP contribution is -2.12. The molecule has 0 aliphatic carbocycles. The van der Waals surface area contributed by atoms with Gasteiger partial charge in [-0.15, -0.1) is 0 Å². The molecular weight excluding hydrogens is 118 g/mol. The van der Waals surface area contributed by atoms with Crippen LogP contribution in [0.2, 0.25) is 0 Å². The highest BCUT2D eigenvalue weighted by atomic mass is 16.5. The highest BCUT2D eigenvalue weighted by molar-refractivity contribution is 5.76. The Morgan fingerprint density at radius 3 is 2.89 bits per heavy atom. The third kappa shape index (κ3) is 2.85. The number of rotatable bonds is 3. The van der Waals surface area contributed by atoms with Crippen LogP contribution in [0.25, 0.3) is 0 Å². The molecule has 0 aliphatic heterocycles. The van der Waals surface area contributed by atoms with E-state index in [0.717, 1.165) is 6.21 Å². The van der Waals surface area contributed by atoms with Crippen molar-refractivity contribution in [1.29, 1.82) is 5.41 Å². The Labute approximate surface area is 54.5 Å². The summed E-state index contributed by atoms with van der Waals surface area (Å²) >= 11 is 0. The van der Waals surface area contributed by atoms with Crippen molar-refractivity contribution >= 4 is 12.2 Å². The smallest absolute Gasteiger partial charge is 0.309 e. The van der Waals surface area contributed by atoms with Gasteiger partial charge in [0.1, 0.15) is 0 Å². The van der Waals surface area contributed by atoms with Gasteiger partial charge in [-0.1, -0.05) is 0 Å². The van der Waals surface area contributed by atoms with Gasteiger partial charge < -0.3 is 10.1 Å². The summed E-state index contributed by atoms with van der Waals surface area (Å²) in [4.78, 5) is 10.5. The quantitative estimate of drug-likeness (QED) is 0.448. The molecule has 9 heavy (non-hydrogen) atoms. The third-order valence-corrected chi connectivity index (χ3v) is 0.937. The second-order valence-corrected chi connectivity index (χ2v) is 1.66. The number of carbonyl (C=O) groups excluding carboxylic acids is 1. The van der Waals surface area contributed by atoms with Crippen LogP contribution in [0, 0.1) is 18.3 Å². The van der Waals surface area contributed by atoms with E-state index in [1.54, 1.807) is 0 Å². The molecule has 3 heteroatoms. The van der Waals surface area contributed by atoms with Crippen LogP contribution in [-0.2, 0) is 9.53 Å².